The monoisotopic (exact) mass is 291 g/mol. The number of halogens is 1. The number of aromatic nitrogens is 1. The highest BCUT2D eigenvalue weighted by atomic mass is 19.1. The summed E-state index contributed by atoms with van der Waals surface area (Å²) in [5.41, 5.74) is 0.413. The van der Waals surface area contributed by atoms with Crippen LogP contribution in [0, 0.1) is 11.7 Å². The maximum atomic E-state index is 14.2. The van der Waals surface area contributed by atoms with Crippen LogP contribution in [0.1, 0.15) is 12.8 Å². The van der Waals surface area contributed by atoms with E-state index in [1.807, 2.05) is 0 Å². The van der Waals surface area contributed by atoms with Crippen LogP contribution in [0.15, 0.2) is 16.7 Å². The lowest BCUT2D eigenvalue weighted by Gasteiger charge is -2.44. The van der Waals surface area contributed by atoms with E-state index in [4.69, 9.17) is 9.26 Å². The van der Waals surface area contributed by atoms with Crippen molar-refractivity contribution in [3.8, 4) is 5.75 Å². The van der Waals surface area contributed by atoms with Gasteiger partial charge in [-0.2, -0.15) is 0 Å². The van der Waals surface area contributed by atoms with Gasteiger partial charge < -0.3 is 19.5 Å². The van der Waals surface area contributed by atoms with E-state index in [1.54, 1.807) is 6.07 Å². The minimum Gasteiger partial charge on any atom is -0.497 e. The molecule has 0 saturated carbocycles. The summed E-state index contributed by atoms with van der Waals surface area (Å²) in [4.78, 5) is 2.44. The minimum absolute atomic E-state index is 0.322. The highest BCUT2D eigenvalue weighted by Gasteiger charge is 2.34. The average Bonchev–Trinajstić information content (AvgIpc) is 2.92. The Bertz CT molecular complexity index is 664. The van der Waals surface area contributed by atoms with Crippen molar-refractivity contribution in [2.75, 3.05) is 32.1 Å². The van der Waals surface area contributed by atoms with E-state index < -0.39 is 0 Å². The third kappa shape index (κ3) is 2.14. The molecule has 2 bridgehead atoms. The molecule has 2 aromatic rings. The Morgan fingerprint density at radius 2 is 2.19 bits per heavy atom. The van der Waals surface area contributed by atoms with Gasteiger partial charge in [-0.15, -0.1) is 0 Å². The number of piperidine rings is 3. The van der Waals surface area contributed by atoms with Crippen molar-refractivity contribution in [2.45, 2.75) is 18.9 Å². The quantitative estimate of drug-likeness (QED) is 0.941. The molecule has 1 aromatic heterocycles. The van der Waals surface area contributed by atoms with Crippen molar-refractivity contribution in [2.24, 2.45) is 5.92 Å². The van der Waals surface area contributed by atoms with Gasteiger partial charge in [0.15, 0.2) is 11.4 Å². The van der Waals surface area contributed by atoms with Gasteiger partial charge in [-0.05, 0) is 31.8 Å². The van der Waals surface area contributed by atoms with Crippen molar-refractivity contribution < 1.29 is 13.7 Å². The zero-order valence-corrected chi connectivity index (χ0v) is 11.9. The Kier molecular flexibility index (Phi) is 2.99. The highest BCUT2D eigenvalue weighted by molar-refractivity contribution is 5.89. The normalized spacial score (nSPS) is 28.0. The van der Waals surface area contributed by atoms with Crippen LogP contribution in [0.25, 0.3) is 11.0 Å². The molecule has 112 valence electrons. The molecule has 3 aliphatic heterocycles. The Morgan fingerprint density at radius 1 is 1.38 bits per heavy atom. The molecule has 1 N–H and O–H groups in total. The van der Waals surface area contributed by atoms with Gasteiger partial charge in [0.2, 0.25) is 0 Å². The second-order valence-corrected chi connectivity index (χ2v) is 5.90. The summed E-state index contributed by atoms with van der Waals surface area (Å²) in [5, 5.41) is 7.80. The topological polar surface area (TPSA) is 50.5 Å². The standard InChI is InChI=1S/C15H18FN3O2/c1-20-10-6-11(16)14-13(7-10)21-18-15(14)17-12-8-19-4-2-9(12)3-5-19/h6-7,9,12H,2-5,8H2,1H3,(H,17,18). The summed E-state index contributed by atoms with van der Waals surface area (Å²) in [6.07, 6.45) is 2.40. The zero-order chi connectivity index (χ0) is 14.4. The van der Waals surface area contributed by atoms with Crippen LogP contribution in [0.5, 0.6) is 5.75 Å². The van der Waals surface area contributed by atoms with E-state index in [2.05, 4.69) is 15.4 Å². The second kappa shape index (κ2) is 4.87. The van der Waals surface area contributed by atoms with Gasteiger partial charge in [0, 0.05) is 24.7 Å². The number of nitrogens with one attached hydrogen (secondary N) is 1. The Balaban J connectivity index is 1.65. The first kappa shape index (κ1) is 12.9. The Labute approximate surface area is 122 Å². The maximum absolute atomic E-state index is 14.2. The number of anilines is 1. The zero-order valence-electron chi connectivity index (χ0n) is 11.9. The van der Waals surface area contributed by atoms with Crippen LogP contribution in [-0.2, 0) is 0 Å². The number of rotatable bonds is 3. The van der Waals surface area contributed by atoms with E-state index in [-0.39, 0.29) is 5.82 Å². The molecule has 1 atom stereocenters. The molecule has 1 unspecified atom stereocenters. The van der Waals surface area contributed by atoms with Crippen molar-refractivity contribution in [3.05, 3.63) is 17.9 Å². The van der Waals surface area contributed by atoms with Gasteiger partial charge >= 0.3 is 0 Å². The lowest BCUT2D eigenvalue weighted by molar-refractivity contribution is 0.0973. The average molecular weight is 291 g/mol. The lowest BCUT2D eigenvalue weighted by Crippen LogP contribution is -2.53. The molecule has 3 saturated heterocycles. The van der Waals surface area contributed by atoms with Gasteiger partial charge in [0.25, 0.3) is 0 Å². The third-order valence-corrected chi connectivity index (χ3v) is 4.71. The molecular weight excluding hydrogens is 273 g/mol. The fourth-order valence-corrected chi connectivity index (χ4v) is 3.52. The fraction of sp³-hybridized carbons (Fsp3) is 0.533. The molecule has 3 aliphatic rings. The molecule has 3 fully saturated rings. The van der Waals surface area contributed by atoms with Crippen LogP contribution in [-0.4, -0.2) is 42.8 Å². The molecule has 21 heavy (non-hydrogen) atoms. The van der Waals surface area contributed by atoms with Crippen molar-refractivity contribution in [1.82, 2.24) is 10.1 Å². The summed E-state index contributed by atoms with van der Waals surface area (Å²) in [6.45, 7) is 3.35. The SMILES string of the molecule is COc1cc(F)c2c(NC3CN4CCC3CC4)noc2c1. The van der Waals surface area contributed by atoms with Crippen LogP contribution in [0.2, 0.25) is 0 Å². The fourth-order valence-electron chi connectivity index (χ4n) is 3.52. The smallest absolute Gasteiger partial charge is 0.180 e. The molecule has 0 aliphatic carbocycles. The number of hydrogen-bond donors (Lipinski definition) is 1. The molecule has 0 radical (unpaired) electrons. The van der Waals surface area contributed by atoms with Gasteiger partial charge in [-0.25, -0.2) is 4.39 Å². The van der Waals surface area contributed by atoms with E-state index in [9.17, 15) is 4.39 Å². The van der Waals surface area contributed by atoms with Gasteiger partial charge in [-0.3, -0.25) is 0 Å². The lowest BCUT2D eigenvalue weighted by atomic mass is 9.84. The third-order valence-electron chi connectivity index (χ3n) is 4.71. The van der Waals surface area contributed by atoms with E-state index in [0.717, 1.165) is 6.54 Å². The molecule has 5 rings (SSSR count). The number of ether oxygens (including phenoxy) is 1. The van der Waals surface area contributed by atoms with Crippen molar-refractivity contribution in [1.29, 1.82) is 0 Å². The minimum atomic E-state index is -0.366. The van der Waals surface area contributed by atoms with E-state index >= 15 is 0 Å². The highest BCUT2D eigenvalue weighted by Crippen LogP contribution is 2.34. The molecule has 5 nitrogen and oxygen atoms in total. The summed E-state index contributed by atoms with van der Waals surface area (Å²) in [6, 6.07) is 3.34. The first-order valence-corrected chi connectivity index (χ1v) is 7.36. The molecule has 1 aromatic carbocycles. The number of nitrogens with zero attached hydrogens (tertiary/aromatic N) is 2. The number of hydrogen-bond acceptors (Lipinski definition) is 5. The molecule has 6 heteroatoms. The summed E-state index contributed by atoms with van der Waals surface area (Å²) < 4.78 is 24.5. The Hall–Kier alpha value is -1.82. The number of benzene rings is 1. The van der Waals surface area contributed by atoms with Gasteiger partial charge in [0.05, 0.1) is 7.11 Å². The van der Waals surface area contributed by atoms with Crippen LogP contribution >= 0.6 is 0 Å². The van der Waals surface area contributed by atoms with Gasteiger partial charge in [0.1, 0.15) is 17.0 Å². The van der Waals surface area contributed by atoms with Crippen molar-refractivity contribution >= 4 is 16.8 Å². The summed E-state index contributed by atoms with van der Waals surface area (Å²) in [5.74, 6) is 1.21. The van der Waals surface area contributed by atoms with E-state index in [1.165, 1.54) is 39.1 Å². The summed E-state index contributed by atoms with van der Waals surface area (Å²) >= 11 is 0. The Morgan fingerprint density at radius 3 is 2.86 bits per heavy atom. The summed E-state index contributed by atoms with van der Waals surface area (Å²) in [7, 11) is 1.50. The first-order valence-electron chi connectivity index (χ1n) is 7.36. The first-order chi connectivity index (χ1) is 10.2. The van der Waals surface area contributed by atoms with Crippen LogP contribution in [0.3, 0.4) is 0 Å². The molecular formula is C15H18FN3O2. The van der Waals surface area contributed by atoms with E-state index in [0.29, 0.717) is 34.5 Å². The second-order valence-electron chi connectivity index (χ2n) is 5.90. The van der Waals surface area contributed by atoms with Crippen molar-refractivity contribution in [3.63, 3.8) is 0 Å². The number of methoxy groups -OCH3 is 1. The largest absolute Gasteiger partial charge is 0.497 e. The van der Waals surface area contributed by atoms with Crippen LogP contribution < -0.4 is 10.1 Å². The molecule has 4 heterocycles. The van der Waals surface area contributed by atoms with Gasteiger partial charge in [-0.1, -0.05) is 5.16 Å². The maximum Gasteiger partial charge on any atom is 0.180 e. The number of fused-ring (bicyclic) bond motifs is 4. The van der Waals surface area contributed by atoms with Crippen LogP contribution in [0.4, 0.5) is 10.2 Å². The molecule has 0 spiro atoms. The predicted octanol–water partition coefficient (Wildman–Crippen LogP) is 2.48. The molecule has 0 amide bonds. The predicted molar refractivity (Wildman–Crippen MR) is 77.1 cm³/mol.